The number of aliphatic hydroxyl groups excluding tert-OH is 3. The van der Waals surface area contributed by atoms with Gasteiger partial charge in [-0.1, -0.05) is 209 Å². The zero-order valence-electron chi connectivity index (χ0n) is 42.3. The van der Waals surface area contributed by atoms with E-state index < -0.39 is 12.2 Å². The number of ether oxygens (including phenoxy) is 3. The molecule has 4 atom stereocenters. The Kier molecular flexibility index (Phi) is 47.2. The van der Waals surface area contributed by atoms with Crippen LogP contribution in [0, 0.1) is 0 Å². The van der Waals surface area contributed by atoms with Gasteiger partial charge in [-0.05, 0) is 77.0 Å². The van der Waals surface area contributed by atoms with Crippen LogP contribution >= 0.6 is 0 Å². The highest BCUT2D eigenvalue weighted by atomic mass is 16.6. The Morgan fingerprint density at radius 3 is 1.08 bits per heavy atom. The van der Waals surface area contributed by atoms with E-state index in [1.54, 1.807) is 0 Å². The Morgan fingerprint density at radius 1 is 0.379 bits per heavy atom. The van der Waals surface area contributed by atoms with Crippen LogP contribution in [0.4, 0.5) is 0 Å². The Balaban J connectivity index is 4.59. The molecule has 0 aromatic heterocycles. The number of hydrogen-bond acceptors (Lipinski definition) is 9. The summed E-state index contributed by atoms with van der Waals surface area (Å²) in [5.41, 5.74) is 0. The quantitative estimate of drug-likeness (QED) is 0.0235. The second-order valence-electron chi connectivity index (χ2n) is 18.0. The van der Waals surface area contributed by atoms with Crippen LogP contribution in [0.5, 0.6) is 0 Å². The van der Waals surface area contributed by atoms with Crippen molar-refractivity contribution in [3.05, 3.63) is 72.9 Å². The molecule has 0 aromatic rings. The number of hydrogen-bond donors (Lipinski definition) is 3. The summed E-state index contributed by atoms with van der Waals surface area (Å²) in [4.78, 5) is 38.0. The molecule has 0 spiro atoms. The number of aliphatic hydroxyl groups is 3. The average molecular weight is 927 g/mol. The number of carbonyl (C=O) groups is 3. The lowest BCUT2D eigenvalue weighted by molar-refractivity contribution is -0.167. The standard InChI is InChI=1S/C57H98O9/c1-4-7-10-11-18-24-33-44-53(60)45-36-27-23-30-38-47-56(62)65-50-54(66-57(63)48-39-29-22-17-13-15-20-26-35-43-52(59)41-32-9-6-3)49-64-55(61)46-37-28-21-16-12-14-19-25-34-42-51(58)40-31-8-5-2/h18-20,24-26,33-35,42-44,51-54,58-60H,4-17,21-23,27-32,36-41,45-50H2,1-3H3/b24-18-,25-19-,26-20-,42-34-,43-35-,44-33-/t51-,52-,53-,54+/m0/s1. The van der Waals surface area contributed by atoms with Gasteiger partial charge in [0.25, 0.3) is 0 Å². The van der Waals surface area contributed by atoms with E-state index in [4.69, 9.17) is 14.2 Å². The van der Waals surface area contributed by atoms with E-state index >= 15 is 0 Å². The molecule has 66 heavy (non-hydrogen) atoms. The first-order valence-electron chi connectivity index (χ1n) is 26.8. The summed E-state index contributed by atoms with van der Waals surface area (Å²) >= 11 is 0. The van der Waals surface area contributed by atoms with E-state index in [0.29, 0.717) is 12.8 Å². The first-order valence-corrected chi connectivity index (χ1v) is 26.8. The molecule has 0 heterocycles. The topological polar surface area (TPSA) is 140 Å². The number of unbranched alkanes of at least 4 members (excludes halogenated alkanes) is 21. The molecule has 3 N–H and O–H groups in total. The number of rotatable bonds is 47. The maximum absolute atomic E-state index is 12.8. The minimum Gasteiger partial charge on any atom is -0.462 e. The van der Waals surface area contributed by atoms with Crippen molar-refractivity contribution in [2.45, 2.75) is 257 Å². The van der Waals surface area contributed by atoms with E-state index in [1.807, 2.05) is 54.7 Å². The molecule has 0 unspecified atom stereocenters. The molecule has 0 amide bonds. The summed E-state index contributed by atoms with van der Waals surface area (Å²) in [5.74, 6) is -1.10. The van der Waals surface area contributed by atoms with Gasteiger partial charge in [0.1, 0.15) is 13.2 Å². The molecule has 0 saturated carbocycles. The van der Waals surface area contributed by atoms with Crippen molar-refractivity contribution in [1.82, 2.24) is 0 Å². The van der Waals surface area contributed by atoms with Gasteiger partial charge in [-0.15, -0.1) is 0 Å². The van der Waals surface area contributed by atoms with Crippen LogP contribution in [0.25, 0.3) is 0 Å². The third-order valence-corrected chi connectivity index (χ3v) is 11.5. The zero-order chi connectivity index (χ0) is 48.4. The van der Waals surface area contributed by atoms with Crippen LogP contribution in [-0.2, 0) is 28.6 Å². The van der Waals surface area contributed by atoms with Crippen molar-refractivity contribution >= 4 is 17.9 Å². The normalized spacial score (nSPS) is 14.1. The summed E-state index contributed by atoms with van der Waals surface area (Å²) in [7, 11) is 0. The van der Waals surface area contributed by atoms with Gasteiger partial charge in [-0.3, -0.25) is 14.4 Å². The number of allylic oxidation sites excluding steroid dienone is 9. The Hall–Kier alpha value is -3.27. The molecule has 380 valence electrons. The smallest absolute Gasteiger partial charge is 0.306 e. The Labute approximate surface area is 403 Å². The summed E-state index contributed by atoms with van der Waals surface area (Å²) in [5, 5.41) is 30.2. The van der Waals surface area contributed by atoms with Crippen molar-refractivity contribution in [2.24, 2.45) is 0 Å². The van der Waals surface area contributed by atoms with Gasteiger partial charge in [0.05, 0.1) is 18.3 Å². The SMILES string of the molecule is CCCCC/C=C\C=C/[C@H](O)CCCCCCCC(=O)OC[C@@H](COC(=O)CCCCCCC/C=C\C=C/[C@@H](O)CCCCC)OC(=O)CCCCCCC/C=C\C=C/[C@@H](O)CCCCC. The molecule has 0 saturated heterocycles. The monoisotopic (exact) mass is 927 g/mol. The van der Waals surface area contributed by atoms with Crippen LogP contribution < -0.4 is 0 Å². The second kappa shape index (κ2) is 49.6. The van der Waals surface area contributed by atoms with Crippen LogP contribution in [0.3, 0.4) is 0 Å². The minimum absolute atomic E-state index is 0.148. The van der Waals surface area contributed by atoms with E-state index in [2.05, 4.69) is 39.0 Å². The van der Waals surface area contributed by atoms with Gasteiger partial charge in [0.15, 0.2) is 6.10 Å². The van der Waals surface area contributed by atoms with Gasteiger partial charge >= 0.3 is 17.9 Å². The lowest BCUT2D eigenvalue weighted by Crippen LogP contribution is -2.30. The molecule has 9 heteroatoms. The number of carbonyl (C=O) groups excluding carboxylic acids is 3. The van der Waals surface area contributed by atoms with Crippen molar-refractivity contribution in [1.29, 1.82) is 0 Å². The predicted molar refractivity (Wildman–Crippen MR) is 274 cm³/mol. The van der Waals surface area contributed by atoms with Crippen LogP contribution in [0.2, 0.25) is 0 Å². The van der Waals surface area contributed by atoms with E-state index in [9.17, 15) is 29.7 Å². The summed E-state index contributed by atoms with van der Waals surface area (Å²) < 4.78 is 16.7. The lowest BCUT2D eigenvalue weighted by atomic mass is 10.1. The van der Waals surface area contributed by atoms with Gasteiger partial charge < -0.3 is 29.5 Å². The van der Waals surface area contributed by atoms with Crippen LogP contribution in [-0.4, -0.2) is 70.9 Å². The minimum atomic E-state index is -0.854. The lowest BCUT2D eigenvalue weighted by Gasteiger charge is -2.18. The van der Waals surface area contributed by atoms with Crippen LogP contribution in [0.1, 0.15) is 233 Å². The predicted octanol–water partition coefficient (Wildman–Crippen LogP) is 14.3. The van der Waals surface area contributed by atoms with Crippen molar-refractivity contribution in [2.75, 3.05) is 13.2 Å². The van der Waals surface area contributed by atoms with Crippen LogP contribution in [0.15, 0.2) is 72.9 Å². The van der Waals surface area contributed by atoms with E-state index in [1.165, 1.54) is 19.3 Å². The van der Waals surface area contributed by atoms with E-state index in [-0.39, 0.29) is 62.6 Å². The molecule has 0 fully saturated rings. The molecule has 0 aliphatic rings. The molecule has 0 aliphatic heterocycles. The molecule has 0 rings (SSSR count). The molecule has 0 bridgehead atoms. The second-order valence-corrected chi connectivity index (χ2v) is 18.0. The Bertz CT molecular complexity index is 1300. The molecule has 0 radical (unpaired) electrons. The highest BCUT2D eigenvalue weighted by molar-refractivity contribution is 5.71. The van der Waals surface area contributed by atoms with Crippen molar-refractivity contribution in [3.63, 3.8) is 0 Å². The highest BCUT2D eigenvalue weighted by Gasteiger charge is 2.19. The first-order chi connectivity index (χ1) is 32.2. The van der Waals surface area contributed by atoms with Gasteiger partial charge in [-0.2, -0.15) is 0 Å². The molecular formula is C57H98O9. The van der Waals surface area contributed by atoms with E-state index in [0.717, 1.165) is 161 Å². The fourth-order valence-corrected chi connectivity index (χ4v) is 7.26. The Morgan fingerprint density at radius 2 is 0.682 bits per heavy atom. The largest absolute Gasteiger partial charge is 0.462 e. The fraction of sp³-hybridized carbons (Fsp3) is 0.737. The van der Waals surface area contributed by atoms with Gasteiger partial charge in [0.2, 0.25) is 0 Å². The van der Waals surface area contributed by atoms with Gasteiger partial charge in [0, 0.05) is 19.3 Å². The van der Waals surface area contributed by atoms with Crippen molar-refractivity contribution < 1.29 is 43.9 Å². The van der Waals surface area contributed by atoms with Crippen molar-refractivity contribution in [3.8, 4) is 0 Å². The zero-order valence-corrected chi connectivity index (χ0v) is 42.3. The maximum Gasteiger partial charge on any atom is 0.306 e. The summed E-state index contributed by atoms with van der Waals surface area (Å²) in [6, 6.07) is 0. The molecule has 9 nitrogen and oxygen atoms in total. The maximum atomic E-state index is 12.8. The average Bonchev–Trinajstić information content (AvgIpc) is 3.30. The highest BCUT2D eigenvalue weighted by Crippen LogP contribution is 2.14. The molecule has 0 aromatic carbocycles. The molecular weight excluding hydrogens is 829 g/mol. The third-order valence-electron chi connectivity index (χ3n) is 11.5. The first kappa shape index (κ1) is 62.7. The summed E-state index contributed by atoms with van der Waals surface area (Å²) in [6.45, 7) is 6.22. The number of esters is 3. The van der Waals surface area contributed by atoms with Gasteiger partial charge in [-0.25, -0.2) is 0 Å². The summed E-state index contributed by atoms with van der Waals surface area (Å²) in [6.07, 6.45) is 52.3. The fourth-order valence-electron chi connectivity index (χ4n) is 7.26. The molecule has 0 aliphatic carbocycles. The third kappa shape index (κ3) is 47.2.